The van der Waals surface area contributed by atoms with E-state index in [-0.39, 0.29) is 17.5 Å². The number of hydrogen-bond acceptors (Lipinski definition) is 6. The summed E-state index contributed by atoms with van der Waals surface area (Å²) in [5, 5.41) is 5.14. The van der Waals surface area contributed by atoms with Gasteiger partial charge in [-0.1, -0.05) is 12.1 Å². The van der Waals surface area contributed by atoms with Gasteiger partial charge in [0.1, 0.15) is 0 Å². The van der Waals surface area contributed by atoms with Crippen LogP contribution in [0, 0.1) is 0 Å². The Bertz CT molecular complexity index is 800. The SMILES string of the molecule is O=C(NCCc1ccc(S(=O)(=O)N2CCOCC2)cc1)C(=O)NC[C@H]1CCCO1. The number of amides is 2. The highest BCUT2D eigenvalue weighted by Crippen LogP contribution is 2.17. The number of morpholine rings is 1. The van der Waals surface area contributed by atoms with Crippen LogP contribution in [0.15, 0.2) is 29.2 Å². The largest absolute Gasteiger partial charge is 0.379 e. The van der Waals surface area contributed by atoms with Crippen LogP contribution in [0.1, 0.15) is 18.4 Å². The van der Waals surface area contributed by atoms with Gasteiger partial charge in [0, 0.05) is 32.8 Å². The Morgan fingerprint density at radius 3 is 2.38 bits per heavy atom. The van der Waals surface area contributed by atoms with Crippen LogP contribution >= 0.6 is 0 Å². The molecule has 2 fully saturated rings. The van der Waals surface area contributed by atoms with Gasteiger partial charge >= 0.3 is 11.8 Å². The lowest BCUT2D eigenvalue weighted by molar-refractivity contribution is -0.139. The van der Waals surface area contributed by atoms with Crippen LogP contribution in [0.4, 0.5) is 0 Å². The Labute approximate surface area is 170 Å². The highest BCUT2D eigenvalue weighted by atomic mass is 32.2. The van der Waals surface area contributed by atoms with Gasteiger partial charge in [-0.3, -0.25) is 9.59 Å². The van der Waals surface area contributed by atoms with Crippen LogP contribution in [-0.4, -0.2) is 76.6 Å². The van der Waals surface area contributed by atoms with E-state index < -0.39 is 21.8 Å². The second kappa shape index (κ2) is 10.1. The average molecular weight is 426 g/mol. The second-order valence-corrected chi connectivity index (χ2v) is 8.95. The molecular weight excluding hydrogens is 398 g/mol. The van der Waals surface area contributed by atoms with E-state index >= 15 is 0 Å². The van der Waals surface area contributed by atoms with Gasteiger partial charge in [0.25, 0.3) is 0 Å². The number of rotatable bonds is 7. The third-order valence-electron chi connectivity index (χ3n) is 4.95. The van der Waals surface area contributed by atoms with Crippen molar-refractivity contribution in [3.05, 3.63) is 29.8 Å². The fourth-order valence-electron chi connectivity index (χ4n) is 3.26. The van der Waals surface area contributed by atoms with Crippen LogP contribution < -0.4 is 10.6 Å². The first-order valence-electron chi connectivity index (χ1n) is 9.81. The molecule has 2 N–H and O–H groups in total. The zero-order valence-electron chi connectivity index (χ0n) is 16.3. The zero-order chi connectivity index (χ0) is 20.7. The van der Waals surface area contributed by atoms with Gasteiger partial charge in [0.05, 0.1) is 24.2 Å². The number of sulfonamides is 1. The first kappa shape index (κ1) is 21.7. The normalized spacial score (nSPS) is 20.3. The average Bonchev–Trinajstić information content (AvgIpc) is 3.26. The van der Waals surface area contributed by atoms with E-state index in [0.717, 1.165) is 18.4 Å². The molecule has 0 unspecified atom stereocenters. The molecule has 10 heteroatoms. The Balaban J connectivity index is 1.42. The molecule has 1 aromatic rings. The van der Waals surface area contributed by atoms with Crippen LogP contribution in [0.5, 0.6) is 0 Å². The summed E-state index contributed by atoms with van der Waals surface area (Å²) in [5.41, 5.74) is 0.867. The smallest absolute Gasteiger partial charge is 0.309 e. The molecule has 2 saturated heterocycles. The van der Waals surface area contributed by atoms with Gasteiger partial charge in [0.15, 0.2) is 0 Å². The topological polar surface area (TPSA) is 114 Å². The summed E-state index contributed by atoms with van der Waals surface area (Å²) in [5.74, 6) is -1.36. The number of benzene rings is 1. The summed E-state index contributed by atoms with van der Waals surface area (Å²) in [6.45, 7) is 2.82. The maximum atomic E-state index is 12.6. The zero-order valence-corrected chi connectivity index (χ0v) is 17.1. The first-order chi connectivity index (χ1) is 14.0. The van der Waals surface area contributed by atoms with Gasteiger partial charge in [0.2, 0.25) is 10.0 Å². The number of ether oxygens (including phenoxy) is 2. The maximum absolute atomic E-state index is 12.6. The molecule has 0 saturated carbocycles. The Morgan fingerprint density at radius 1 is 1.03 bits per heavy atom. The molecule has 0 radical (unpaired) electrons. The lowest BCUT2D eigenvalue weighted by atomic mass is 10.1. The summed E-state index contributed by atoms with van der Waals surface area (Å²) < 4.78 is 37.2. The monoisotopic (exact) mass is 425 g/mol. The standard InChI is InChI=1S/C19H27N3O6S/c23-18(19(24)21-14-16-2-1-11-28-16)20-8-7-15-3-5-17(6-4-15)29(25,26)22-9-12-27-13-10-22/h3-6,16H,1-2,7-14H2,(H,20,23)(H,21,24)/t16-/m1/s1. The quantitative estimate of drug-likeness (QED) is 0.578. The molecule has 2 aliphatic rings. The van der Waals surface area contributed by atoms with Crippen LogP contribution in [0.3, 0.4) is 0 Å². The van der Waals surface area contributed by atoms with Crippen molar-refractivity contribution in [3.8, 4) is 0 Å². The lowest BCUT2D eigenvalue weighted by Crippen LogP contribution is -2.43. The number of carbonyl (C=O) groups excluding carboxylic acids is 2. The van der Waals surface area contributed by atoms with Crippen molar-refractivity contribution in [2.75, 3.05) is 46.0 Å². The van der Waals surface area contributed by atoms with Gasteiger partial charge in [-0.15, -0.1) is 0 Å². The minimum Gasteiger partial charge on any atom is -0.379 e. The number of nitrogens with one attached hydrogen (secondary N) is 2. The molecule has 1 atom stereocenters. The minimum absolute atomic E-state index is 0.0148. The molecule has 160 valence electrons. The predicted octanol–water partition coefficient (Wildman–Crippen LogP) is -0.339. The number of carbonyl (C=O) groups is 2. The van der Waals surface area contributed by atoms with Gasteiger partial charge in [-0.05, 0) is 37.0 Å². The van der Waals surface area contributed by atoms with Gasteiger partial charge in [-0.25, -0.2) is 8.42 Å². The van der Waals surface area contributed by atoms with E-state index in [0.29, 0.717) is 45.9 Å². The van der Waals surface area contributed by atoms with Gasteiger partial charge < -0.3 is 20.1 Å². The molecule has 0 aliphatic carbocycles. The van der Waals surface area contributed by atoms with Crippen molar-refractivity contribution in [2.45, 2.75) is 30.3 Å². The Morgan fingerprint density at radius 2 is 1.72 bits per heavy atom. The Kier molecular flexibility index (Phi) is 7.59. The molecule has 2 amide bonds. The van der Waals surface area contributed by atoms with Crippen LogP contribution in [0.2, 0.25) is 0 Å². The third-order valence-corrected chi connectivity index (χ3v) is 6.86. The lowest BCUT2D eigenvalue weighted by Gasteiger charge is -2.26. The highest BCUT2D eigenvalue weighted by molar-refractivity contribution is 7.89. The molecule has 3 rings (SSSR count). The van der Waals surface area contributed by atoms with Crippen molar-refractivity contribution < 1.29 is 27.5 Å². The molecular formula is C19H27N3O6S. The summed E-state index contributed by atoms with van der Waals surface area (Å²) in [4.78, 5) is 23.9. The summed E-state index contributed by atoms with van der Waals surface area (Å²) in [6, 6.07) is 6.57. The molecule has 0 spiro atoms. The Hall–Kier alpha value is -2.01. The first-order valence-corrected chi connectivity index (χ1v) is 11.3. The predicted molar refractivity (Wildman–Crippen MR) is 105 cm³/mol. The molecule has 0 aromatic heterocycles. The molecule has 0 bridgehead atoms. The van der Waals surface area contributed by atoms with E-state index in [2.05, 4.69) is 10.6 Å². The summed E-state index contributed by atoms with van der Waals surface area (Å²) >= 11 is 0. The van der Waals surface area contributed by atoms with E-state index in [1.54, 1.807) is 24.3 Å². The van der Waals surface area contributed by atoms with E-state index in [1.807, 2.05) is 0 Å². The second-order valence-electron chi connectivity index (χ2n) is 7.01. The van der Waals surface area contributed by atoms with E-state index in [4.69, 9.17) is 9.47 Å². The van der Waals surface area contributed by atoms with Crippen molar-refractivity contribution >= 4 is 21.8 Å². The van der Waals surface area contributed by atoms with E-state index in [9.17, 15) is 18.0 Å². The number of hydrogen-bond donors (Lipinski definition) is 2. The fraction of sp³-hybridized carbons (Fsp3) is 0.579. The molecule has 2 heterocycles. The van der Waals surface area contributed by atoms with Crippen LogP contribution in [0.25, 0.3) is 0 Å². The highest BCUT2D eigenvalue weighted by Gasteiger charge is 2.26. The number of nitrogens with zero attached hydrogens (tertiary/aromatic N) is 1. The third kappa shape index (κ3) is 5.99. The molecule has 29 heavy (non-hydrogen) atoms. The fourth-order valence-corrected chi connectivity index (χ4v) is 4.66. The minimum atomic E-state index is -3.52. The van der Waals surface area contributed by atoms with Crippen molar-refractivity contribution in [3.63, 3.8) is 0 Å². The van der Waals surface area contributed by atoms with Crippen molar-refractivity contribution in [2.24, 2.45) is 0 Å². The molecule has 1 aromatic carbocycles. The molecule has 9 nitrogen and oxygen atoms in total. The summed E-state index contributed by atoms with van der Waals surface area (Å²) in [7, 11) is -3.52. The van der Waals surface area contributed by atoms with Crippen LogP contribution in [-0.2, 0) is 35.5 Å². The van der Waals surface area contributed by atoms with Crippen molar-refractivity contribution in [1.29, 1.82) is 0 Å². The molecule has 2 aliphatic heterocycles. The van der Waals surface area contributed by atoms with Gasteiger partial charge in [-0.2, -0.15) is 4.31 Å². The van der Waals surface area contributed by atoms with E-state index in [1.165, 1.54) is 4.31 Å². The van der Waals surface area contributed by atoms with Crippen molar-refractivity contribution in [1.82, 2.24) is 14.9 Å². The summed E-state index contributed by atoms with van der Waals surface area (Å²) in [6.07, 6.45) is 2.33. The maximum Gasteiger partial charge on any atom is 0.309 e.